The van der Waals surface area contributed by atoms with Crippen LogP contribution in [0.3, 0.4) is 0 Å². The van der Waals surface area contributed by atoms with Crippen molar-refractivity contribution in [2.24, 2.45) is 0 Å². The summed E-state index contributed by atoms with van der Waals surface area (Å²) in [7, 11) is 3.46. The standard InChI is InChI=1S/C24H27N7O4/c1-25-21-8-17(14-9-26-22-13(14)4-3-7-30(22)18-11-35-12-19(18)32)28-23-15(10-27-31(21)23)24(33)29-16-5-6-20(16)34-2/h3-4,7-10,16,18-20,25,32H,5-6,11-12H2,1-2H3,(H,29,33)/t16?,18?,19-,20+/m0/s1. The summed E-state index contributed by atoms with van der Waals surface area (Å²) in [5.74, 6) is 1.21. The van der Waals surface area contributed by atoms with Crippen molar-refractivity contribution >= 4 is 17.4 Å². The van der Waals surface area contributed by atoms with Crippen molar-refractivity contribution in [3.8, 4) is 22.6 Å². The van der Waals surface area contributed by atoms with Crippen molar-refractivity contribution in [2.45, 2.75) is 37.1 Å². The summed E-state index contributed by atoms with van der Waals surface area (Å²) >= 11 is 0. The van der Waals surface area contributed by atoms with E-state index in [1.54, 1.807) is 31.1 Å². The van der Waals surface area contributed by atoms with E-state index in [0.717, 1.165) is 29.8 Å². The molecule has 2 aromatic heterocycles. The minimum atomic E-state index is -0.586. The number of fused-ring (bicyclic) bond motifs is 2. The average Bonchev–Trinajstić information content (AvgIpc) is 3.59. The number of carbonyl (C=O) groups excluding carboxylic acids is 1. The van der Waals surface area contributed by atoms with E-state index < -0.39 is 6.10 Å². The molecule has 35 heavy (non-hydrogen) atoms. The van der Waals surface area contributed by atoms with Gasteiger partial charge in [-0.25, -0.2) is 9.97 Å². The number of anilines is 1. The molecule has 3 N–H and O–H groups in total. The molecule has 0 radical (unpaired) electrons. The van der Waals surface area contributed by atoms with E-state index in [4.69, 9.17) is 14.5 Å². The molecule has 2 unspecified atom stereocenters. The van der Waals surface area contributed by atoms with Crippen LogP contribution in [-0.4, -0.2) is 80.8 Å². The molecular formula is C24H27N7O4. The van der Waals surface area contributed by atoms with Gasteiger partial charge in [-0.2, -0.15) is 9.61 Å². The van der Waals surface area contributed by atoms with Gasteiger partial charge >= 0.3 is 0 Å². The Kier molecular flexibility index (Phi) is 5.39. The minimum Gasteiger partial charge on any atom is -0.388 e. The van der Waals surface area contributed by atoms with Gasteiger partial charge in [-0.1, -0.05) is 0 Å². The summed E-state index contributed by atoms with van der Waals surface area (Å²) in [4.78, 5) is 22.6. The van der Waals surface area contributed by atoms with Crippen LogP contribution in [0.4, 0.5) is 5.82 Å². The maximum absolute atomic E-state index is 13.1. The highest BCUT2D eigenvalue weighted by atomic mass is 16.5. The Morgan fingerprint density at radius 2 is 2.14 bits per heavy atom. The van der Waals surface area contributed by atoms with Gasteiger partial charge in [0.15, 0.2) is 5.65 Å². The molecule has 2 aromatic rings. The van der Waals surface area contributed by atoms with Gasteiger partial charge < -0.3 is 29.8 Å². The molecule has 182 valence electrons. The number of nitrogens with one attached hydrogen (secondary N) is 2. The van der Waals surface area contributed by atoms with E-state index in [9.17, 15) is 9.90 Å². The molecule has 0 aromatic carbocycles. The maximum Gasteiger partial charge on any atom is 0.257 e. The number of amides is 1. The Morgan fingerprint density at radius 1 is 1.26 bits per heavy atom. The zero-order valence-corrected chi connectivity index (χ0v) is 19.5. The first-order valence-electron chi connectivity index (χ1n) is 11.7. The molecule has 1 saturated carbocycles. The van der Waals surface area contributed by atoms with Gasteiger partial charge in [-0.3, -0.25) is 4.79 Å². The molecular weight excluding hydrogens is 450 g/mol. The Hall–Kier alpha value is -3.54. The topological polar surface area (TPSA) is 128 Å². The number of hydrogen-bond donors (Lipinski definition) is 3. The van der Waals surface area contributed by atoms with Crippen LogP contribution in [0.15, 0.2) is 36.8 Å². The van der Waals surface area contributed by atoms with Gasteiger partial charge in [-0.15, -0.1) is 0 Å². The van der Waals surface area contributed by atoms with Gasteiger partial charge in [0.05, 0.1) is 43.3 Å². The second-order valence-electron chi connectivity index (χ2n) is 9.00. The van der Waals surface area contributed by atoms with Crippen LogP contribution in [0.25, 0.3) is 28.3 Å². The predicted molar refractivity (Wildman–Crippen MR) is 128 cm³/mol. The summed E-state index contributed by atoms with van der Waals surface area (Å²) in [5, 5.41) is 20.9. The van der Waals surface area contributed by atoms with Gasteiger partial charge in [0, 0.05) is 43.7 Å². The summed E-state index contributed by atoms with van der Waals surface area (Å²) in [5.41, 5.74) is 3.24. The fraction of sp³-hybridized carbons (Fsp3) is 0.417. The van der Waals surface area contributed by atoms with E-state index in [1.165, 1.54) is 0 Å². The third-order valence-electron chi connectivity index (χ3n) is 7.06. The van der Waals surface area contributed by atoms with Crippen molar-refractivity contribution in [1.29, 1.82) is 0 Å². The van der Waals surface area contributed by atoms with Crippen LogP contribution < -0.4 is 10.6 Å². The first-order chi connectivity index (χ1) is 17.1. The maximum atomic E-state index is 13.1. The lowest BCUT2D eigenvalue weighted by Crippen LogP contribution is -2.51. The lowest BCUT2D eigenvalue weighted by atomic mass is 9.89. The van der Waals surface area contributed by atoms with E-state index in [2.05, 4.69) is 20.7 Å². The minimum absolute atomic E-state index is 0.0111. The highest BCUT2D eigenvalue weighted by molar-refractivity contribution is 6.00. The Morgan fingerprint density at radius 3 is 2.86 bits per heavy atom. The van der Waals surface area contributed by atoms with Crippen LogP contribution >= 0.6 is 0 Å². The quantitative estimate of drug-likeness (QED) is 0.382. The highest BCUT2D eigenvalue weighted by Crippen LogP contribution is 2.36. The monoisotopic (exact) mass is 477 g/mol. The molecule has 4 atom stereocenters. The molecule has 4 aliphatic rings. The Balaban J connectivity index is 1.39. The fourth-order valence-electron chi connectivity index (χ4n) is 4.93. The summed E-state index contributed by atoms with van der Waals surface area (Å²) < 4.78 is 14.4. The van der Waals surface area contributed by atoms with Crippen molar-refractivity contribution in [2.75, 3.05) is 32.7 Å². The molecule has 0 bridgehead atoms. The summed E-state index contributed by atoms with van der Waals surface area (Å²) in [6.07, 6.45) is 6.49. The molecule has 6 rings (SSSR count). The number of ether oxygens (including phenoxy) is 2. The number of aliphatic hydroxyl groups is 1. The lowest BCUT2D eigenvalue weighted by Gasteiger charge is -2.35. The number of rotatable bonds is 6. The third kappa shape index (κ3) is 3.54. The number of aliphatic hydroxyl groups excluding tert-OH is 1. The first kappa shape index (κ1) is 22.0. The highest BCUT2D eigenvalue weighted by Gasteiger charge is 2.33. The number of aromatic nitrogens is 5. The zero-order valence-electron chi connectivity index (χ0n) is 19.5. The molecule has 3 aliphatic heterocycles. The largest absolute Gasteiger partial charge is 0.388 e. The van der Waals surface area contributed by atoms with Gasteiger partial charge in [0.25, 0.3) is 5.91 Å². The van der Waals surface area contributed by atoms with Crippen molar-refractivity contribution in [3.63, 3.8) is 0 Å². The zero-order chi connectivity index (χ0) is 24.1. The number of nitrogens with zero attached hydrogens (tertiary/aromatic N) is 5. The van der Waals surface area contributed by atoms with Crippen LogP contribution in [-0.2, 0) is 9.47 Å². The molecule has 0 spiro atoms. The number of hydrogen-bond acceptors (Lipinski definition) is 8. The third-order valence-corrected chi connectivity index (χ3v) is 7.06. The van der Waals surface area contributed by atoms with Gasteiger partial charge in [0.2, 0.25) is 0 Å². The van der Waals surface area contributed by atoms with E-state index in [-0.39, 0.29) is 24.1 Å². The SMILES string of the molecule is CNc1cc(-c2cnc3n(C4COC[C@@H]4O)cccc2-3)nc2c(C(=O)NC3CC[C@H]3OC)cnn12. The van der Waals surface area contributed by atoms with Gasteiger partial charge in [-0.05, 0) is 25.0 Å². The average molecular weight is 478 g/mol. The second kappa shape index (κ2) is 8.59. The van der Waals surface area contributed by atoms with Crippen LogP contribution in [0.1, 0.15) is 29.2 Å². The van der Waals surface area contributed by atoms with E-state index in [1.807, 2.05) is 29.0 Å². The van der Waals surface area contributed by atoms with E-state index in [0.29, 0.717) is 35.9 Å². The summed E-state index contributed by atoms with van der Waals surface area (Å²) in [6.45, 7) is 0.740. The predicted octanol–water partition coefficient (Wildman–Crippen LogP) is 1.58. The molecule has 2 fully saturated rings. The number of carbonyl (C=O) groups is 1. The van der Waals surface area contributed by atoms with Crippen molar-refractivity contribution in [3.05, 3.63) is 42.4 Å². The first-order valence-corrected chi connectivity index (χ1v) is 11.7. The molecule has 1 amide bonds. The molecule has 1 aliphatic carbocycles. The smallest absolute Gasteiger partial charge is 0.257 e. The summed E-state index contributed by atoms with van der Waals surface area (Å²) in [6, 6.07) is 5.58. The normalized spacial score (nSPS) is 24.1. The Labute approximate surface area is 201 Å². The molecule has 1 saturated heterocycles. The van der Waals surface area contributed by atoms with Crippen LogP contribution in [0.5, 0.6) is 0 Å². The Bertz CT molecular complexity index is 1360. The molecule has 11 nitrogen and oxygen atoms in total. The van der Waals surface area contributed by atoms with Crippen molar-refractivity contribution in [1.82, 2.24) is 29.5 Å². The lowest BCUT2D eigenvalue weighted by molar-refractivity contribution is 0.00732. The second-order valence-corrected chi connectivity index (χ2v) is 9.00. The van der Waals surface area contributed by atoms with Crippen LogP contribution in [0, 0.1) is 0 Å². The number of pyridine rings is 1. The number of methoxy groups -OCH3 is 1. The van der Waals surface area contributed by atoms with E-state index >= 15 is 0 Å². The molecule has 5 heterocycles. The van der Waals surface area contributed by atoms with Crippen LogP contribution in [0.2, 0.25) is 0 Å². The molecule has 11 heteroatoms. The van der Waals surface area contributed by atoms with Crippen molar-refractivity contribution < 1.29 is 19.4 Å². The van der Waals surface area contributed by atoms with Gasteiger partial charge in [0.1, 0.15) is 23.3 Å². The fourth-order valence-corrected chi connectivity index (χ4v) is 4.93.